The molecule has 0 amide bonds. The molecule has 0 aliphatic heterocycles. The number of aromatic nitrogens is 1. The van der Waals surface area contributed by atoms with Crippen molar-refractivity contribution in [2.24, 2.45) is 107 Å². The molecule has 0 radical (unpaired) electrons. The molecule has 24 saturated carbocycles. The van der Waals surface area contributed by atoms with Crippen molar-refractivity contribution >= 4 is 117 Å². The monoisotopic (exact) mass is 1890 g/mol. The second kappa shape index (κ2) is 32.6. The number of hydrogen-bond acceptors (Lipinski definition) is 5. The number of hydrogen-bond donors (Lipinski definition) is 0. The van der Waals surface area contributed by atoms with E-state index in [1.54, 1.807) is 33.4 Å². The molecule has 0 unspecified atom stereocenters. The molecule has 144 heavy (non-hydrogen) atoms. The van der Waals surface area contributed by atoms with E-state index in [0.717, 1.165) is 140 Å². The quantitative estimate of drug-likeness (QED) is 0.0964. The summed E-state index contributed by atoms with van der Waals surface area (Å²) in [6, 6.07) is 117. The molecule has 3 heterocycles. The van der Waals surface area contributed by atoms with Gasteiger partial charge in [-0.2, -0.15) is 0 Å². The van der Waals surface area contributed by atoms with E-state index in [-0.39, 0.29) is 0 Å². The number of anilines is 9. The summed E-state index contributed by atoms with van der Waals surface area (Å²) in [5.41, 5.74) is 30.6. The van der Waals surface area contributed by atoms with Crippen molar-refractivity contribution in [2.75, 3.05) is 14.7 Å². The van der Waals surface area contributed by atoms with Gasteiger partial charge in [-0.05, 0) is 543 Å². The Labute approximate surface area is 851 Å². The Morgan fingerprint density at radius 1 is 0.181 bits per heavy atom. The predicted octanol–water partition coefficient (Wildman–Crippen LogP) is 37.2. The van der Waals surface area contributed by atoms with E-state index in [1.165, 1.54) is 320 Å². The van der Waals surface area contributed by atoms with E-state index in [0.29, 0.717) is 32.5 Å². The van der Waals surface area contributed by atoms with Crippen LogP contribution in [0.3, 0.4) is 0 Å². The topological polar surface area (TPSA) is 40.9 Å². The van der Waals surface area contributed by atoms with Gasteiger partial charge in [0.25, 0.3) is 0 Å². The van der Waals surface area contributed by atoms with Gasteiger partial charge in [0.2, 0.25) is 0 Å². The summed E-state index contributed by atoms with van der Waals surface area (Å²) in [6.45, 7) is 0. The zero-order valence-electron chi connectivity index (χ0n) is 84.3. The first-order valence-corrected chi connectivity index (χ1v) is 57.7. The molecular formula is C138H140N4O2. The molecule has 13 aromatic carbocycles. The third kappa shape index (κ3) is 14.0. The first-order valence-electron chi connectivity index (χ1n) is 57.7. The number of benzene rings is 13. The standard InChI is InChI=1S/C50H50N2.2C44H45NO/c1-2-6-41(7-3-1)52-47-9-5-4-8-45(47)46-26-44(18-19-48(46)52)51(42-14-10-39(11-15-42)49-27-33-20-34(28-49)22-35(21-33)29-49)43-16-12-40(13-17-43)50-30-36-23-37(31-50)25-38(24-36)32-50;1-2-7-41-38(4-1)39-5-3-6-40(42(39)46-41)45(36-12-8-34(9-13-36)43-22-28-16-29(23-43)18-30(17-28)24-43)37-14-10-35(11-15-37)44-25-31-19-32(26-44)21-33(20-31)27-44;1-2-4-41-39(3-1)40-14-13-38(21-42(40)46-41)45(36-9-5-34(6-10-36)43-22-28-15-29(23-43)17-30(16-28)24-43)37-11-7-35(8-12-37)44-25-31-18-32(26-44)20-33(19-31)27-44/h1-19,26,33-38H,20-25,27-32H2;1-15,28-33H,16-27H2;1-14,21,28-33H,15-20,22-27H2. The van der Waals surface area contributed by atoms with E-state index in [4.69, 9.17) is 8.83 Å². The molecule has 24 fully saturated rings. The van der Waals surface area contributed by atoms with E-state index in [1.807, 2.05) is 0 Å². The Kier molecular flexibility index (Phi) is 19.4. The normalized spacial score (nSPS) is 34.4. The van der Waals surface area contributed by atoms with E-state index in [2.05, 4.69) is 323 Å². The van der Waals surface area contributed by atoms with Crippen LogP contribution in [0.2, 0.25) is 0 Å². The predicted molar refractivity (Wildman–Crippen MR) is 591 cm³/mol. The van der Waals surface area contributed by atoms with Crippen molar-refractivity contribution in [1.29, 1.82) is 0 Å². The molecule has 24 aliphatic carbocycles. The Bertz CT molecular complexity index is 7200. The molecule has 6 nitrogen and oxygen atoms in total. The largest absolute Gasteiger partial charge is 0.456 e. The molecule has 6 heteroatoms. The molecule has 0 N–H and O–H groups in total. The zero-order chi connectivity index (χ0) is 94.1. The number of rotatable bonds is 16. The fourth-order valence-electron chi connectivity index (χ4n) is 40.6. The lowest BCUT2D eigenvalue weighted by Gasteiger charge is -2.57. The van der Waals surface area contributed by atoms with Crippen LogP contribution in [0.1, 0.15) is 265 Å². The SMILES string of the molecule is c1ccc(-n2c3ccccc3c3cc(N(c4ccc(C56CC7CC(CC(C7)C5)C6)cc4)c4ccc(C56CC7CC(CC(C7)C5)C6)cc4)ccc32)cc1.c1ccc2c(c1)oc1c(N(c3ccc(C45CC6CC(CC(C6)C4)C5)cc3)c3ccc(C45CC6CC(CC(C6)C4)C5)cc3)cccc12.c1ccc2c(c1)oc1cc(N(c3ccc(C45CC6CC(CC(C6)C4)C5)cc3)c3ccc(C45CC6CC(CC(C6)C4)C5)cc3)ccc12. The minimum Gasteiger partial charge on any atom is -0.456 e. The van der Waals surface area contributed by atoms with Gasteiger partial charge in [-0.1, -0.05) is 158 Å². The summed E-state index contributed by atoms with van der Waals surface area (Å²) in [7, 11) is 0. The van der Waals surface area contributed by atoms with Gasteiger partial charge in [-0.25, -0.2) is 0 Å². The van der Waals surface area contributed by atoms with Crippen LogP contribution in [-0.4, -0.2) is 4.57 Å². The van der Waals surface area contributed by atoms with Gasteiger partial charge in [-0.15, -0.1) is 0 Å². The van der Waals surface area contributed by atoms with Crippen molar-refractivity contribution in [1.82, 2.24) is 4.57 Å². The molecular weight excluding hydrogens is 1750 g/mol. The van der Waals surface area contributed by atoms with Crippen molar-refractivity contribution < 1.29 is 8.83 Å². The zero-order valence-corrected chi connectivity index (χ0v) is 84.3. The van der Waals surface area contributed by atoms with Crippen LogP contribution >= 0.6 is 0 Å². The smallest absolute Gasteiger partial charge is 0.159 e. The van der Waals surface area contributed by atoms with E-state index in [9.17, 15) is 0 Å². The van der Waals surface area contributed by atoms with Crippen LogP contribution in [0.15, 0.2) is 312 Å². The first-order chi connectivity index (χ1) is 70.8. The summed E-state index contributed by atoms with van der Waals surface area (Å²) < 4.78 is 15.5. The molecule has 0 atom stereocenters. The van der Waals surface area contributed by atoms with Gasteiger partial charge >= 0.3 is 0 Å². The highest BCUT2D eigenvalue weighted by molar-refractivity contribution is 6.12. The Hall–Kier alpha value is -11.3. The first kappa shape index (κ1) is 85.9. The molecule has 16 aromatic rings. The van der Waals surface area contributed by atoms with Gasteiger partial charge in [0.15, 0.2) is 5.58 Å². The average Bonchev–Trinajstić information content (AvgIpc) is 1.47. The summed E-state index contributed by atoms with van der Waals surface area (Å²) in [6.07, 6.45) is 52.3. The van der Waals surface area contributed by atoms with Crippen LogP contribution in [0, 0.1) is 107 Å². The van der Waals surface area contributed by atoms with Gasteiger partial charge in [0.05, 0.1) is 16.7 Å². The summed E-state index contributed by atoms with van der Waals surface area (Å²) in [4.78, 5) is 7.48. The average molecular weight is 1890 g/mol. The number of fused-ring (bicyclic) bond motifs is 9. The molecule has 0 saturated heterocycles. The van der Waals surface area contributed by atoms with Crippen LogP contribution < -0.4 is 14.7 Å². The maximum absolute atomic E-state index is 6.64. The molecule has 24 bridgehead atoms. The van der Waals surface area contributed by atoms with E-state index < -0.39 is 0 Å². The molecule has 3 aromatic heterocycles. The highest BCUT2D eigenvalue weighted by Gasteiger charge is 2.58. The Morgan fingerprint density at radius 2 is 0.431 bits per heavy atom. The third-order valence-electron chi connectivity index (χ3n) is 43.8. The lowest BCUT2D eigenvalue weighted by molar-refractivity contribution is -0.00531. The summed E-state index contributed by atoms with van der Waals surface area (Å²) in [5, 5.41) is 7.36. The Morgan fingerprint density at radius 3 is 0.771 bits per heavy atom. The van der Waals surface area contributed by atoms with Gasteiger partial charge in [0, 0.05) is 89.6 Å². The lowest BCUT2D eigenvalue weighted by Crippen LogP contribution is -2.48. The molecule has 24 aliphatic rings. The van der Waals surface area contributed by atoms with Crippen molar-refractivity contribution in [3.63, 3.8) is 0 Å². The maximum atomic E-state index is 6.64. The third-order valence-corrected chi connectivity index (χ3v) is 43.8. The van der Waals surface area contributed by atoms with Gasteiger partial charge in [-0.3, -0.25) is 0 Å². The second-order valence-electron chi connectivity index (χ2n) is 52.9. The Balaban J connectivity index is 0.0000000969. The fraction of sp³-hybridized carbons (Fsp3) is 0.435. The highest BCUT2D eigenvalue weighted by atomic mass is 16.3. The summed E-state index contributed by atoms with van der Waals surface area (Å²) in [5.74, 6) is 17.3. The van der Waals surface area contributed by atoms with Crippen LogP contribution in [-0.2, 0) is 32.5 Å². The van der Waals surface area contributed by atoms with Crippen molar-refractivity contribution in [2.45, 2.75) is 264 Å². The minimum atomic E-state index is 0.412. The lowest BCUT2D eigenvalue weighted by atomic mass is 9.48. The fourth-order valence-corrected chi connectivity index (χ4v) is 40.6. The minimum absolute atomic E-state index is 0.412. The highest BCUT2D eigenvalue weighted by Crippen LogP contribution is 2.69. The van der Waals surface area contributed by atoms with Crippen LogP contribution in [0.25, 0.3) is 71.4 Å². The van der Waals surface area contributed by atoms with Crippen molar-refractivity contribution in [3.05, 3.63) is 337 Å². The number of para-hydroxylation sites is 5. The van der Waals surface area contributed by atoms with E-state index >= 15 is 0 Å². The number of furan rings is 2. The van der Waals surface area contributed by atoms with Gasteiger partial charge in [0.1, 0.15) is 16.7 Å². The maximum Gasteiger partial charge on any atom is 0.159 e. The molecule has 724 valence electrons. The molecule has 40 rings (SSSR count). The van der Waals surface area contributed by atoms with Crippen molar-refractivity contribution in [3.8, 4) is 5.69 Å². The summed E-state index contributed by atoms with van der Waals surface area (Å²) >= 11 is 0. The van der Waals surface area contributed by atoms with Crippen LogP contribution in [0.4, 0.5) is 51.2 Å². The molecule has 0 spiro atoms. The van der Waals surface area contributed by atoms with Crippen LogP contribution in [0.5, 0.6) is 0 Å². The second-order valence-corrected chi connectivity index (χ2v) is 52.9. The van der Waals surface area contributed by atoms with Gasteiger partial charge < -0.3 is 28.1 Å². The number of nitrogens with zero attached hydrogens (tertiary/aromatic N) is 4.